The van der Waals surface area contributed by atoms with Crippen molar-refractivity contribution < 1.29 is 4.74 Å². The van der Waals surface area contributed by atoms with Gasteiger partial charge in [0.05, 0.1) is 11.9 Å². The fraction of sp³-hybridized carbons (Fsp3) is 0.615. The fourth-order valence-corrected chi connectivity index (χ4v) is 1.58. The van der Waals surface area contributed by atoms with Gasteiger partial charge in [0.1, 0.15) is 12.4 Å². The Balaban J connectivity index is 2.37. The number of aromatic nitrogens is 1. The van der Waals surface area contributed by atoms with E-state index in [2.05, 4.69) is 23.7 Å². The van der Waals surface area contributed by atoms with Crippen molar-refractivity contribution in [2.45, 2.75) is 26.8 Å². The minimum absolute atomic E-state index is 0.0280. The molecule has 0 aliphatic rings. The van der Waals surface area contributed by atoms with E-state index in [0.717, 1.165) is 31.1 Å². The van der Waals surface area contributed by atoms with Crippen LogP contribution in [0.1, 0.15) is 32.5 Å². The van der Waals surface area contributed by atoms with Gasteiger partial charge in [0.25, 0.3) is 0 Å². The lowest BCUT2D eigenvalue weighted by Gasteiger charge is -2.18. The van der Waals surface area contributed by atoms with Crippen LogP contribution in [0, 0.1) is 0 Å². The van der Waals surface area contributed by atoms with Gasteiger partial charge in [-0.1, -0.05) is 13.8 Å². The van der Waals surface area contributed by atoms with E-state index >= 15 is 0 Å². The third kappa shape index (κ3) is 4.71. The largest absolute Gasteiger partial charge is 0.491 e. The Labute approximate surface area is 104 Å². The SMILES string of the molecule is CCN(CC)CCOc1ccc([C@H](C)N)nc1. The van der Waals surface area contributed by atoms with Crippen molar-refractivity contribution in [3.05, 3.63) is 24.0 Å². The molecule has 1 aromatic rings. The molecule has 0 aliphatic heterocycles. The number of nitrogens with zero attached hydrogens (tertiary/aromatic N) is 2. The van der Waals surface area contributed by atoms with Crippen LogP contribution in [0.2, 0.25) is 0 Å². The van der Waals surface area contributed by atoms with Gasteiger partial charge in [-0.15, -0.1) is 0 Å². The van der Waals surface area contributed by atoms with Crippen LogP contribution in [0.25, 0.3) is 0 Å². The molecule has 2 N–H and O–H groups in total. The van der Waals surface area contributed by atoms with Crippen LogP contribution in [0.5, 0.6) is 5.75 Å². The number of rotatable bonds is 7. The predicted molar refractivity (Wildman–Crippen MR) is 70.1 cm³/mol. The molecule has 0 unspecified atom stereocenters. The normalized spacial score (nSPS) is 12.8. The number of hydrogen-bond donors (Lipinski definition) is 1. The minimum Gasteiger partial charge on any atom is -0.491 e. The lowest BCUT2D eigenvalue weighted by atomic mass is 10.2. The Morgan fingerprint density at radius 2 is 2.06 bits per heavy atom. The summed E-state index contributed by atoms with van der Waals surface area (Å²) in [6.07, 6.45) is 1.74. The number of nitrogens with two attached hydrogens (primary N) is 1. The van der Waals surface area contributed by atoms with Crippen molar-refractivity contribution >= 4 is 0 Å². The highest BCUT2D eigenvalue weighted by molar-refractivity contribution is 5.21. The Bertz CT molecular complexity index is 307. The lowest BCUT2D eigenvalue weighted by Crippen LogP contribution is -2.27. The molecular weight excluding hydrogens is 214 g/mol. The van der Waals surface area contributed by atoms with Gasteiger partial charge in [-0.25, -0.2) is 0 Å². The number of ether oxygens (including phenoxy) is 1. The summed E-state index contributed by atoms with van der Waals surface area (Å²) in [6.45, 7) is 9.99. The maximum atomic E-state index is 5.73. The van der Waals surface area contributed by atoms with Gasteiger partial charge < -0.3 is 15.4 Å². The average Bonchev–Trinajstić information content (AvgIpc) is 2.35. The summed E-state index contributed by atoms with van der Waals surface area (Å²) in [4.78, 5) is 6.58. The predicted octanol–water partition coefficient (Wildman–Crippen LogP) is 1.82. The van der Waals surface area contributed by atoms with Crippen molar-refractivity contribution in [3.63, 3.8) is 0 Å². The number of likely N-dealkylation sites (N-methyl/N-ethyl adjacent to an activating group) is 1. The fourth-order valence-electron chi connectivity index (χ4n) is 1.58. The summed E-state index contributed by atoms with van der Waals surface area (Å²) < 4.78 is 5.63. The second kappa shape index (κ2) is 7.25. The van der Waals surface area contributed by atoms with Crippen LogP contribution >= 0.6 is 0 Å². The van der Waals surface area contributed by atoms with Gasteiger partial charge in [0.15, 0.2) is 0 Å². The zero-order valence-corrected chi connectivity index (χ0v) is 11.0. The zero-order valence-electron chi connectivity index (χ0n) is 11.0. The van der Waals surface area contributed by atoms with Crippen molar-refractivity contribution in [1.82, 2.24) is 9.88 Å². The van der Waals surface area contributed by atoms with E-state index in [4.69, 9.17) is 10.5 Å². The second-order valence-corrected chi connectivity index (χ2v) is 4.08. The van der Waals surface area contributed by atoms with Crippen LogP contribution in [-0.4, -0.2) is 36.1 Å². The van der Waals surface area contributed by atoms with E-state index in [0.29, 0.717) is 6.61 Å². The number of hydrogen-bond acceptors (Lipinski definition) is 4. The number of pyridine rings is 1. The van der Waals surface area contributed by atoms with E-state index in [1.54, 1.807) is 6.20 Å². The first-order valence-corrected chi connectivity index (χ1v) is 6.24. The molecule has 0 bridgehead atoms. The Morgan fingerprint density at radius 3 is 2.53 bits per heavy atom. The molecule has 1 rings (SSSR count). The third-order valence-electron chi connectivity index (χ3n) is 2.80. The molecule has 0 aliphatic carbocycles. The van der Waals surface area contributed by atoms with Gasteiger partial charge in [-0.2, -0.15) is 0 Å². The van der Waals surface area contributed by atoms with E-state index in [1.165, 1.54) is 0 Å². The quantitative estimate of drug-likeness (QED) is 0.786. The summed E-state index contributed by atoms with van der Waals surface area (Å²) in [6, 6.07) is 3.81. The van der Waals surface area contributed by atoms with Gasteiger partial charge in [0, 0.05) is 12.6 Å². The van der Waals surface area contributed by atoms with Crippen molar-refractivity contribution in [2.24, 2.45) is 5.73 Å². The van der Waals surface area contributed by atoms with E-state index < -0.39 is 0 Å². The van der Waals surface area contributed by atoms with E-state index in [9.17, 15) is 0 Å². The van der Waals surface area contributed by atoms with Crippen molar-refractivity contribution in [1.29, 1.82) is 0 Å². The molecule has 0 saturated heterocycles. The zero-order chi connectivity index (χ0) is 12.7. The van der Waals surface area contributed by atoms with Crippen LogP contribution in [0.3, 0.4) is 0 Å². The van der Waals surface area contributed by atoms with Gasteiger partial charge >= 0.3 is 0 Å². The molecule has 0 aromatic carbocycles. The maximum Gasteiger partial charge on any atom is 0.137 e. The van der Waals surface area contributed by atoms with Gasteiger partial charge in [-0.05, 0) is 32.1 Å². The monoisotopic (exact) mass is 237 g/mol. The summed E-state index contributed by atoms with van der Waals surface area (Å²) in [5.74, 6) is 0.807. The first-order chi connectivity index (χ1) is 8.17. The Kier molecular flexibility index (Phi) is 5.94. The third-order valence-corrected chi connectivity index (χ3v) is 2.80. The standard InChI is InChI=1S/C13H23N3O/c1-4-16(5-2)8-9-17-12-6-7-13(11(3)14)15-10-12/h6-7,10-11H,4-5,8-9,14H2,1-3H3/t11-/m0/s1. The van der Waals surface area contributed by atoms with Crippen LogP contribution in [-0.2, 0) is 0 Å². The van der Waals surface area contributed by atoms with Gasteiger partial charge in [-0.3, -0.25) is 4.98 Å². The molecule has 4 nitrogen and oxygen atoms in total. The first-order valence-electron chi connectivity index (χ1n) is 6.24. The molecule has 4 heteroatoms. The van der Waals surface area contributed by atoms with Crippen molar-refractivity contribution in [3.8, 4) is 5.75 Å². The highest BCUT2D eigenvalue weighted by Gasteiger charge is 2.02. The summed E-state index contributed by atoms with van der Waals surface area (Å²) >= 11 is 0. The smallest absolute Gasteiger partial charge is 0.137 e. The van der Waals surface area contributed by atoms with E-state index in [-0.39, 0.29) is 6.04 Å². The molecular formula is C13H23N3O. The minimum atomic E-state index is -0.0280. The van der Waals surface area contributed by atoms with Crippen LogP contribution < -0.4 is 10.5 Å². The van der Waals surface area contributed by atoms with Crippen LogP contribution in [0.4, 0.5) is 0 Å². The molecule has 1 heterocycles. The molecule has 1 atom stereocenters. The summed E-state index contributed by atoms with van der Waals surface area (Å²) in [7, 11) is 0. The highest BCUT2D eigenvalue weighted by Crippen LogP contribution is 2.12. The molecule has 17 heavy (non-hydrogen) atoms. The van der Waals surface area contributed by atoms with Crippen LogP contribution in [0.15, 0.2) is 18.3 Å². The molecule has 0 amide bonds. The topological polar surface area (TPSA) is 51.4 Å². The maximum absolute atomic E-state index is 5.73. The van der Waals surface area contributed by atoms with Crippen molar-refractivity contribution in [2.75, 3.05) is 26.2 Å². The Morgan fingerprint density at radius 1 is 1.35 bits per heavy atom. The first kappa shape index (κ1) is 13.9. The lowest BCUT2D eigenvalue weighted by molar-refractivity contribution is 0.222. The summed E-state index contributed by atoms with van der Waals surface area (Å²) in [5, 5.41) is 0. The average molecular weight is 237 g/mol. The van der Waals surface area contributed by atoms with E-state index in [1.807, 2.05) is 19.1 Å². The molecule has 1 aromatic heterocycles. The second-order valence-electron chi connectivity index (χ2n) is 4.08. The molecule has 0 radical (unpaired) electrons. The Hall–Kier alpha value is -1.13. The molecule has 96 valence electrons. The summed E-state index contributed by atoms with van der Waals surface area (Å²) in [5.41, 5.74) is 6.62. The molecule has 0 saturated carbocycles. The molecule has 0 spiro atoms. The highest BCUT2D eigenvalue weighted by atomic mass is 16.5. The molecule has 0 fully saturated rings. The van der Waals surface area contributed by atoms with Gasteiger partial charge in [0.2, 0.25) is 0 Å².